The average Bonchev–Trinajstić information content (AvgIpc) is 2.75. The second kappa shape index (κ2) is 6.38. The molecule has 3 nitrogen and oxygen atoms in total. The van der Waals surface area contributed by atoms with Crippen LogP contribution >= 0.6 is 12.2 Å². The normalized spacial score (nSPS) is 10.2. The van der Waals surface area contributed by atoms with Crippen LogP contribution in [0.2, 0.25) is 0 Å². The summed E-state index contributed by atoms with van der Waals surface area (Å²) in [5.74, 6) is 0. The molecule has 2 rings (SSSR count). The third-order valence-corrected chi connectivity index (χ3v) is 3.49. The van der Waals surface area contributed by atoms with Crippen molar-refractivity contribution in [2.45, 2.75) is 20.0 Å². The second-order valence-corrected chi connectivity index (χ2v) is 4.96. The van der Waals surface area contributed by atoms with Crippen molar-refractivity contribution in [1.29, 1.82) is 0 Å². The van der Waals surface area contributed by atoms with Crippen LogP contribution in [-0.2, 0) is 20.1 Å². The van der Waals surface area contributed by atoms with Crippen molar-refractivity contribution in [2.24, 2.45) is 7.05 Å². The molecule has 1 aromatic carbocycles. The first-order valence-corrected chi connectivity index (χ1v) is 6.74. The molecule has 0 saturated heterocycles. The fourth-order valence-corrected chi connectivity index (χ4v) is 2.00. The Morgan fingerprint density at radius 2 is 1.74 bits per heavy atom. The Labute approximate surface area is 119 Å². The van der Waals surface area contributed by atoms with Gasteiger partial charge in [-0.2, -0.15) is 0 Å². The minimum Gasteiger partial charge on any atom is -0.359 e. The number of aryl methyl sites for hydroxylation is 1. The van der Waals surface area contributed by atoms with Crippen LogP contribution in [0.3, 0.4) is 0 Å². The van der Waals surface area contributed by atoms with Crippen LogP contribution in [0.15, 0.2) is 42.5 Å². The number of hydrogen-bond acceptors (Lipinski definition) is 1. The van der Waals surface area contributed by atoms with Gasteiger partial charge in [-0.1, -0.05) is 30.3 Å². The van der Waals surface area contributed by atoms with Gasteiger partial charge in [0.1, 0.15) is 0 Å². The lowest BCUT2D eigenvalue weighted by Crippen LogP contribution is -2.34. The van der Waals surface area contributed by atoms with E-state index in [9.17, 15) is 0 Å². The van der Waals surface area contributed by atoms with Gasteiger partial charge in [-0.25, -0.2) is 0 Å². The van der Waals surface area contributed by atoms with E-state index in [1.54, 1.807) is 0 Å². The standard InChI is InChI=1S/C15H19N3S/c1-12-8-9-14(18(12)2)11-17-15(19)16-10-13-6-4-3-5-7-13/h3-9H,10-11H2,1-2H3,(H2,16,17,19). The fraction of sp³-hybridized carbons (Fsp3) is 0.267. The summed E-state index contributed by atoms with van der Waals surface area (Å²) in [7, 11) is 2.06. The average molecular weight is 273 g/mol. The third-order valence-electron chi connectivity index (χ3n) is 3.20. The number of aromatic nitrogens is 1. The minimum atomic E-state index is 0.683. The Kier molecular flexibility index (Phi) is 4.58. The highest BCUT2D eigenvalue weighted by Crippen LogP contribution is 2.05. The highest BCUT2D eigenvalue weighted by Gasteiger charge is 2.02. The zero-order chi connectivity index (χ0) is 13.7. The van der Waals surface area contributed by atoms with Gasteiger partial charge in [0.15, 0.2) is 5.11 Å². The molecule has 0 fully saturated rings. The van der Waals surface area contributed by atoms with E-state index in [1.165, 1.54) is 17.0 Å². The third kappa shape index (κ3) is 3.83. The lowest BCUT2D eigenvalue weighted by molar-refractivity contribution is 0.748. The van der Waals surface area contributed by atoms with Crippen molar-refractivity contribution < 1.29 is 0 Å². The Morgan fingerprint density at radius 1 is 1.05 bits per heavy atom. The predicted molar refractivity (Wildman–Crippen MR) is 82.9 cm³/mol. The van der Waals surface area contributed by atoms with Gasteiger partial charge in [0.05, 0.1) is 6.54 Å². The zero-order valence-corrected chi connectivity index (χ0v) is 12.1. The molecular formula is C15H19N3S. The van der Waals surface area contributed by atoms with Crippen LogP contribution in [0.4, 0.5) is 0 Å². The van der Waals surface area contributed by atoms with Gasteiger partial charge in [-0.05, 0) is 36.8 Å². The van der Waals surface area contributed by atoms with Crippen molar-refractivity contribution in [3.05, 3.63) is 59.4 Å². The van der Waals surface area contributed by atoms with Crippen molar-refractivity contribution >= 4 is 17.3 Å². The summed E-state index contributed by atoms with van der Waals surface area (Å²) in [5, 5.41) is 7.11. The molecule has 4 heteroatoms. The van der Waals surface area contributed by atoms with Crippen LogP contribution in [0.5, 0.6) is 0 Å². The topological polar surface area (TPSA) is 29.0 Å². The van der Waals surface area contributed by atoms with Gasteiger partial charge in [0.25, 0.3) is 0 Å². The van der Waals surface area contributed by atoms with E-state index in [4.69, 9.17) is 12.2 Å². The monoisotopic (exact) mass is 273 g/mol. The highest BCUT2D eigenvalue weighted by atomic mass is 32.1. The van der Waals surface area contributed by atoms with Crippen LogP contribution in [-0.4, -0.2) is 9.68 Å². The fourth-order valence-electron chi connectivity index (χ4n) is 1.86. The molecule has 0 atom stereocenters. The van der Waals surface area contributed by atoms with Gasteiger partial charge in [0, 0.05) is 25.0 Å². The van der Waals surface area contributed by atoms with Crippen molar-refractivity contribution in [3.8, 4) is 0 Å². The lowest BCUT2D eigenvalue weighted by Gasteiger charge is -2.11. The Morgan fingerprint density at radius 3 is 2.37 bits per heavy atom. The number of thiocarbonyl (C=S) groups is 1. The molecule has 1 heterocycles. The van der Waals surface area contributed by atoms with Crippen LogP contribution in [0, 0.1) is 6.92 Å². The maximum absolute atomic E-state index is 5.27. The molecule has 0 saturated carbocycles. The van der Waals surface area contributed by atoms with Crippen molar-refractivity contribution in [1.82, 2.24) is 15.2 Å². The summed E-state index contributed by atoms with van der Waals surface area (Å²) in [4.78, 5) is 0. The van der Waals surface area contributed by atoms with E-state index in [1.807, 2.05) is 18.2 Å². The number of hydrogen-bond donors (Lipinski definition) is 2. The summed E-state index contributed by atoms with van der Waals surface area (Å²) in [6, 6.07) is 14.4. The van der Waals surface area contributed by atoms with E-state index in [0.29, 0.717) is 5.11 Å². The molecule has 0 bridgehead atoms. The van der Waals surface area contributed by atoms with E-state index >= 15 is 0 Å². The van der Waals surface area contributed by atoms with Crippen LogP contribution in [0.1, 0.15) is 17.0 Å². The molecule has 2 N–H and O–H groups in total. The van der Waals surface area contributed by atoms with Gasteiger partial charge in [0.2, 0.25) is 0 Å². The second-order valence-electron chi connectivity index (χ2n) is 4.55. The van der Waals surface area contributed by atoms with Crippen molar-refractivity contribution in [3.63, 3.8) is 0 Å². The first-order chi connectivity index (χ1) is 9.16. The molecule has 0 spiro atoms. The number of benzene rings is 1. The molecule has 0 aliphatic rings. The summed E-state index contributed by atoms with van der Waals surface area (Å²) >= 11 is 5.27. The number of nitrogens with zero attached hydrogens (tertiary/aromatic N) is 1. The molecule has 2 aromatic rings. The first-order valence-electron chi connectivity index (χ1n) is 6.33. The molecular weight excluding hydrogens is 254 g/mol. The van der Waals surface area contributed by atoms with Gasteiger partial charge >= 0.3 is 0 Å². The SMILES string of the molecule is Cc1ccc(CNC(=S)NCc2ccccc2)n1C. The van der Waals surface area contributed by atoms with E-state index in [0.717, 1.165) is 13.1 Å². The Hall–Kier alpha value is -1.81. The summed E-state index contributed by atoms with van der Waals surface area (Å²) in [6.45, 7) is 3.58. The van der Waals surface area contributed by atoms with E-state index in [2.05, 4.69) is 53.4 Å². The number of nitrogens with one attached hydrogen (secondary N) is 2. The smallest absolute Gasteiger partial charge is 0.166 e. The quantitative estimate of drug-likeness (QED) is 0.839. The van der Waals surface area contributed by atoms with Gasteiger partial charge in [-0.3, -0.25) is 0 Å². The Bertz CT molecular complexity index is 546. The molecule has 0 aliphatic heterocycles. The first kappa shape index (κ1) is 13.6. The maximum Gasteiger partial charge on any atom is 0.166 e. The summed E-state index contributed by atoms with van der Waals surface area (Å²) < 4.78 is 2.16. The van der Waals surface area contributed by atoms with E-state index in [-0.39, 0.29) is 0 Å². The van der Waals surface area contributed by atoms with Crippen molar-refractivity contribution in [2.75, 3.05) is 0 Å². The molecule has 0 unspecified atom stereocenters. The van der Waals surface area contributed by atoms with Gasteiger partial charge in [-0.15, -0.1) is 0 Å². The summed E-state index contributed by atoms with van der Waals surface area (Å²) in [5.41, 5.74) is 3.70. The minimum absolute atomic E-state index is 0.683. The largest absolute Gasteiger partial charge is 0.359 e. The molecule has 100 valence electrons. The highest BCUT2D eigenvalue weighted by molar-refractivity contribution is 7.80. The van der Waals surface area contributed by atoms with Crippen LogP contribution in [0.25, 0.3) is 0 Å². The molecule has 0 amide bonds. The number of rotatable bonds is 4. The van der Waals surface area contributed by atoms with E-state index < -0.39 is 0 Å². The van der Waals surface area contributed by atoms with Gasteiger partial charge < -0.3 is 15.2 Å². The molecule has 1 aromatic heterocycles. The maximum atomic E-state index is 5.27. The van der Waals surface area contributed by atoms with Crippen LogP contribution < -0.4 is 10.6 Å². The molecule has 0 aliphatic carbocycles. The zero-order valence-electron chi connectivity index (χ0n) is 11.3. The molecule has 0 radical (unpaired) electrons. The molecule has 19 heavy (non-hydrogen) atoms. The summed E-state index contributed by atoms with van der Waals surface area (Å²) in [6.07, 6.45) is 0. The predicted octanol–water partition coefficient (Wildman–Crippen LogP) is 2.50. The lowest BCUT2D eigenvalue weighted by atomic mass is 10.2. The Balaban J connectivity index is 1.78.